The summed E-state index contributed by atoms with van der Waals surface area (Å²) < 4.78 is 4.96. The number of thioether (sulfide) groups is 1. The number of carbonyl (C=O) groups is 2. The molecule has 0 bridgehead atoms. The molecule has 0 saturated heterocycles. The molecule has 1 heterocycles. The van der Waals surface area contributed by atoms with Gasteiger partial charge in [0.2, 0.25) is 0 Å². The van der Waals surface area contributed by atoms with E-state index in [4.69, 9.17) is 9.52 Å². The van der Waals surface area contributed by atoms with Crippen molar-refractivity contribution in [3.05, 3.63) is 51.9 Å². The summed E-state index contributed by atoms with van der Waals surface area (Å²) in [4.78, 5) is 33.1. The van der Waals surface area contributed by atoms with Crippen LogP contribution < -0.4 is 5.63 Å². The Morgan fingerprint density at radius 3 is 2.76 bits per heavy atom. The number of fused-ring (bicyclic) bond motifs is 1. The van der Waals surface area contributed by atoms with Gasteiger partial charge in [-0.15, -0.1) is 0 Å². The van der Waals surface area contributed by atoms with Crippen LogP contribution in [0.25, 0.3) is 17.0 Å². The van der Waals surface area contributed by atoms with Crippen LogP contribution >= 0.6 is 11.8 Å². The molecule has 2 rings (SSSR count). The van der Waals surface area contributed by atoms with E-state index in [1.54, 1.807) is 18.2 Å². The second-order valence-electron chi connectivity index (χ2n) is 4.25. The zero-order valence-corrected chi connectivity index (χ0v) is 12.0. The van der Waals surface area contributed by atoms with Crippen molar-refractivity contribution in [1.82, 2.24) is 0 Å². The molecule has 0 saturated carbocycles. The van der Waals surface area contributed by atoms with Crippen LogP contribution in [0.3, 0.4) is 0 Å². The predicted molar refractivity (Wildman–Crippen MR) is 81.6 cm³/mol. The van der Waals surface area contributed by atoms with E-state index in [1.165, 1.54) is 24.8 Å². The minimum absolute atomic E-state index is 0.0473. The Bertz CT molecular complexity index is 788. The Kier molecular flexibility index (Phi) is 4.59. The number of hydrogen-bond acceptors (Lipinski definition) is 5. The minimum atomic E-state index is -1.32. The molecule has 5 nitrogen and oxygen atoms in total. The molecule has 0 aliphatic carbocycles. The zero-order valence-electron chi connectivity index (χ0n) is 11.2. The third-order valence-corrected chi connectivity index (χ3v) is 3.45. The Hall–Kier alpha value is -2.34. The van der Waals surface area contributed by atoms with Gasteiger partial charge in [0.15, 0.2) is 5.12 Å². The van der Waals surface area contributed by atoms with Crippen molar-refractivity contribution in [2.24, 2.45) is 0 Å². The summed E-state index contributed by atoms with van der Waals surface area (Å²) in [6.07, 6.45) is 3.66. The smallest absolute Gasteiger partial charge is 0.351 e. The summed E-state index contributed by atoms with van der Waals surface area (Å²) in [6, 6.07) is 6.38. The summed E-state index contributed by atoms with van der Waals surface area (Å²) in [7, 11) is 0. The maximum absolute atomic E-state index is 11.4. The molecular weight excluding hydrogens is 292 g/mol. The molecule has 1 N–H and O–H groups in total. The number of hydrogen-bond donors (Lipinski definition) is 1. The molecule has 21 heavy (non-hydrogen) atoms. The molecule has 0 radical (unpaired) electrons. The first-order chi connectivity index (χ1) is 9.97. The molecule has 1 aromatic heterocycles. The number of aromatic carboxylic acids is 1. The topological polar surface area (TPSA) is 84.6 Å². The number of carboxylic acids is 1. The lowest BCUT2D eigenvalue weighted by molar-refractivity contribution is -0.109. The van der Waals surface area contributed by atoms with Gasteiger partial charge >= 0.3 is 11.6 Å². The third kappa shape index (κ3) is 3.82. The maximum atomic E-state index is 11.4. The molecule has 0 aliphatic heterocycles. The summed E-state index contributed by atoms with van der Waals surface area (Å²) in [5, 5.41) is 9.49. The molecule has 2 aromatic rings. The van der Waals surface area contributed by atoms with E-state index in [0.29, 0.717) is 16.7 Å². The summed E-state index contributed by atoms with van der Waals surface area (Å²) in [5.74, 6) is -0.748. The summed E-state index contributed by atoms with van der Waals surface area (Å²) in [6.45, 7) is 1.50. The number of carboxylic acid groups (broad SMARTS) is 1. The summed E-state index contributed by atoms with van der Waals surface area (Å²) >= 11 is 1.20. The molecule has 108 valence electrons. The third-order valence-electron chi connectivity index (χ3n) is 2.68. The highest BCUT2D eigenvalue weighted by molar-refractivity contribution is 8.13. The minimum Gasteiger partial charge on any atom is -0.477 e. The van der Waals surface area contributed by atoms with E-state index in [9.17, 15) is 14.4 Å². The lowest BCUT2D eigenvalue weighted by Gasteiger charge is -2.00. The molecule has 0 atom stereocenters. The first kappa shape index (κ1) is 15.1. The molecule has 0 amide bonds. The number of benzene rings is 1. The lowest BCUT2D eigenvalue weighted by atomic mass is 10.1. The molecule has 0 fully saturated rings. The Morgan fingerprint density at radius 2 is 2.10 bits per heavy atom. The Labute approximate surface area is 124 Å². The lowest BCUT2D eigenvalue weighted by Crippen LogP contribution is -2.12. The number of rotatable bonds is 4. The van der Waals surface area contributed by atoms with Gasteiger partial charge in [-0.3, -0.25) is 4.79 Å². The van der Waals surface area contributed by atoms with Crippen molar-refractivity contribution >= 4 is 39.9 Å². The zero-order chi connectivity index (χ0) is 15.4. The van der Waals surface area contributed by atoms with Gasteiger partial charge in [-0.05, 0) is 23.8 Å². The van der Waals surface area contributed by atoms with Gasteiger partial charge in [0, 0.05) is 18.1 Å². The fourth-order valence-corrected chi connectivity index (χ4v) is 2.17. The Morgan fingerprint density at radius 1 is 1.33 bits per heavy atom. The van der Waals surface area contributed by atoms with Crippen LogP contribution in [-0.2, 0) is 4.79 Å². The van der Waals surface area contributed by atoms with Crippen LogP contribution in [0.2, 0.25) is 0 Å². The molecule has 0 unspecified atom stereocenters. The second kappa shape index (κ2) is 6.41. The fourth-order valence-electron chi connectivity index (χ4n) is 1.74. The van der Waals surface area contributed by atoms with Crippen LogP contribution in [0, 0.1) is 0 Å². The van der Waals surface area contributed by atoms with Crippen molar-refractivity contribution < 1.29 is 19.1 Å². The van der Waals surface area contributed by atoms with Gasteiger partial charge in [-0.2, -0.15) is 0 Å². The van der Waals surface area contributed by atoms with E-state index in [-0.39, 0.29) is 5.12 Å². The predicted octanol–water partition coefficient (Wildman–Crippen LogP) is 2.78. The van der Waals surface area contributed by atoms with Crippen molar-refractivity contribution in [3.8, 4) is 0 Å². The highest BCUT2D eigenvalue weighted by atomic mass is 32.2. The van der Waals surface area contributed by atoms with Crippen LogP contribution in [-0.4, -0.2) is 21.9 Å². The van der Waals surface area contributed by atoms with Crippen molar-refractivity contribution in [2.45, 2.75) is 6.92 Å². The van der Waals surface area contributed by atoms with Gasteiger partial charge in [0.25, 0.3) is 0 Å². The van der Waals surface area contributed by atoms with Crippen molar-refractivity contribution in [1.29, 1.82) is 0 Å². The molecule has 6 heteroatoms. The van der Waals surface area contributed by atoms with E-state index >= 15 is 0 Å². The number of carbonyl (C=O) groups excluding carboxylic acids is 1. The first-order valence-electron chi connectivity index (χ1n) is 6.08. The average Bonchev–Trinajstić information content (AvgIpc) is 2.42. The van der Waals surface area contributed by atoms with Crippen LogP contribution in [0.1, 0.15) is 22.8 Å². The van der Waals surface area contributed by atoms with E-state index in [1.807, 2.05) is 12.2 Å². The van der Waals surface area contributed by atoms with E-state index in [0.717, 1.165) is 5.56 Å². The van der Waals surface area contributed by atoms with Gasteiger partial charge < -0.3 is 9.52 Å². The largest absolute Gasteiger partial charge is 0.477 e. The van der Waals surface area contributed by atoms with Crippen LogP contribution in [0.4, 0.5) is 0 Å². The second-order valence-corrected chi connectivity index (χ2v) is 5.45. The maximum Gasteiger partial charge on any atom is 0.351 e. The standard InChI is InChI=1S/C15H12O5S/c1-9(16)21-6-2-3-10-4-5-13-11(7-10)8-12(14(17)18)15(19)20-13/h2-5,7-8H,6H2,1H3,(H,17,18). The fraction of sp³-hybridized carbons (Fsp3) is 0.133. The molecule has 0 aliphatic rings. The van der Waals surface area contributed by atoms with Gasteiger partial charge in [0.05, 0.1) is 0 Å². The van der Waals surface area contributed by atoms with E-state index in [2.05, 4.69) is 0 Å². The summed E-state index contributed by atoms with van der Waals surface area (Å²) in [5.41, 5.74) is -0.0935. The van der Waals surface area contributed by atoms with Crippen molar-refractivity contribution in [2.75, 3.05) is 5.75 Å². The first-order valence-corrected chi connectivity index (χ1v) is 7.07. The molecular formula is C15H12O5S. The molecule has 1 aromatic carbocycles. The van der Waals surface area contributed by atoms with Gasteiger partial charge in [-0.25, -0.2) is 9.59 Å². The monoisotopic (exact) mass is 304 g/mol. The van der Waals surface area contributed by atoms with Gasteiger partial charge in [0.1, 0.15) is 11.1 Å². The van der Waals surface area contributed by atoms with Crippen molar-refractivity contribution in [3.63, 3.8) is 0 Å². The highest BCUT2D eigenvalue weighted by Crippen LogP contribution is 2.17. The normalized spacial score (nSPS) is 11.1. The Balaban J connectivity index is 2.32. The van der Waals surface area contributed by atoms with Crippen LogP contribution in [0.15, 0.2) is 39.6 Å². The quantitative estimate of drug-likeness (QED) is 0.874. The SMILES string of the molecule is CC(=O)SCC=Cc1ccc2oc(=O)c(C(=O)O)cc2c1. The van der Waals surface area contributed by atoms with E-state index < -0.39 is 17.2 Å². The average molecular weight is 304 g/mol. The van der Waals surface area contributed by atoms with Gasteiger partial charge in [-0.1, -0.05) is 30.0 Å². The highest BCUT2D eigenvalue weighted by Gasteiger charge is 2.11. The van der Waals surface area contributed by atoms with Crippen LogP contribution in [0.5, 0.6) is 0 Å². The molecule has 0 spiro atoms.